The second-order valence-electron chi connectivity index (χ2n) is 8.05. The molecule has 5 amide bonds. The highest BCUT2D eigenvalue weighted by Gasteiger charge is 2.37. The number of carbonyl (C=O) groups is 4. The van der Waals surface area contributed by atoms with Crippen LogP contribution in [0.4, 0.5) is 16.2 Å². The number of imide groups is 2. The maximum atomic E-state index is 13.2. The van der Waals surface area contributed by atoms with Crippen LogP contribution in [0.1, 0.15) is 12.5 Å². The van der Waals surface area contributed by atoms with E-state index < -0.39 is 23.8 Å². The lowest BCUT2D eigenvalue weighted by atomic mass is 10.1. The molecule has 0 spiro atoms. The maximum absolute atomic E-state index is 13.2. The lowest BCUT2D eigenvalue weighted by molar-refractivity contribution is -0.122. The van der Waals surface area contributed by atoms with Crippen LogP contribution >= 0.6 is 34.2 Å². The molecule has 0 saturated carbocycles. The first-order valence-corrected chi connectivity index (χ1v) is 13.0. The van der Waals surface area contributed by atoms with Gasteiger partial charge in [0.15, 0.2) is 18.1 Å². The van der Waals surface area contributed by atoms with Gasteiger partial charge in [-0.1, -0.05) is 23.7 Å². The Hall–Kier alpha value is -4.10. The summed E-state index contributed by atoms with van der Waals surface area (Å²) in [5, 5.41) is 14.7. The number of nitrogens with zero attached hydrogens (tertiary/aromatic N) is 1. The van der Waals surface area contributed by atoms with E-state index in [1.807, 2.05) is 22.6 Å². The van der Waals surface area contributed by atoms with Crippen molar-refractivity contribution in [1.82, 2.24) is 5.32 Å². The van der Waals surface area contributed by atoms with Gasteiger partial charge in [-0.15, -0.1) is 0 Å². The first-order valence-electron chi connectivity index (χ1n) is 11.5. The van der Waals surface area contributed by atoms with Crippen LogP contribution in [0, 0.1) is 3.57 Å². The van der Waals surface area contributed by atoms with Crippen LogP contribution in [0.2, 0.25) is 5.02 Å². The number of para-hydroxylation sites is 1. The zero-order valence-corrected chi connectivity index (χ0v) is 23.3. The van der Waals surface area contributed by atoms with Gasteiger partial charge in [0.2, 0.25) is 0 Å². The Kier molecular flexibility index (Phi) is 8.72. The van der Waals surface area contributed by atoms with Gasteiger partial charge < -0.3 is 19.9 Å². The number of carbonyl (C=O) groups excluding carboxylic acids is 4. The molecule has 0 aromatic heterocycles. The van der Waals surface area contributed by atoms with Gasteiger partial charge in [0.25, 0.3) is 17.7 Å². The van der Waals surface area contributed by atoms with Crippen molar-refractivity contribution in [3.05, 3.63) is 80.4 Å². The molecule has 0 unspecified atom stereocenters. The number of anilines is 2. The maximum Gasteiger partial charge on any atom is 0.335 e. The summed E-state index contributed by atoms with van der Waals surface area (Å²) in [5.74, 6) is -1.58. The summed E-state index contributed by atoms with van der Waals surface area (Å²) in [6.45, 7) is 1.72. The fraction of sp³-hybridized carbons (Fsp3) is 0.111. The minimum absolute atomic E-state index is 0.0443. The number of barbiturate groups is 1. The molecule has 1 fully saturated rings. The SMILES string of the molecule is CCOc1cc(/C=C2/C(=O)NC(=O)N(c3ccc(O)cc3)C2=O)cc(I)c1OCC(=O)Nc1ccccc1Cl. The molecule has 1 saturated heterocycles. The third kappa shape index (κ3) is 6.49. The topological polar surface area (TPSA) is 134 Å². The van der Waals surface area contributed by atoms with Crippen LogP contribution in [-0.4, -0.2) is 42.1 Å². The molecule has 0 aliphatic carbocycles. The summed E-state index contributed by atoms with van der Waals surface area (Å²) < 4.78 is 12.0. The van der Waals surface area contributed by atoms with Crippen LogP contribution in [0.5, 0.6) is 17.2 Å². The number of phenols is 1. The molecular weight excluding hydrogens is 641 g/mol. The van der Waals surface area contributed by atoms with E-state index in [-0.39, 0.29) is 36.0 Å². The summed E-state index contributed by atoms with van der Waals surface area (Å²) >= 11 is 8.08. The molecule has 10 nitrogen and oxygen atoms in total. The fourth-order valence-corrected chi connectivity index (χ4v) is 4.59. The number of amides is 5. The molecule has 0 radical (unpaired) electrons. The predicted molar refractivity (Wildman–Crippen MR) is 153 cm³/mol. The monoisotopic (exact) mass is 661 g/mol. The van der Waals surface area contributed by atoms with Crippen LogP contribution in [-0.2, 0) is 14.4 Å². The number of hydrogen-bond acceptors (Lipinski definition) is 7. The van der Waals surface area contributed by atoms with E-state index in [2.05, 4.69) is 10.6 Å². The van der Waals surface area contributed by atoms with E-state index in [0.29, 0.717) is 25.6 Å². The minimum Gasteiger partial charge on any atom is -0.508 e. The Morgan fingerprint density at radius 3 is 2.51 bits per heavy atom. The second-order valence-corrected chi connectivity index (χ2v) is 9.62. The number of halogens is 2. The van der Waals surface area contributed by atoms with E-state index in [1.165, 1.54) is 30.3 Å². The van der Waals surface area contributed by atoms with E-state index >= 15 is 0 Å². The molecule has 1 aliphatic heterocycles. The molecule has 0 bridgehead atoms. The molecule has 3 aromatic carbocycles. The number of rotatable bonds is 8. The molecule has 1 aliphatic rings. The number of aromatic hydroxyl groups is 1. The Labute approximate surface area is 241 Å². The number of benzene rings is 3. The van der Waals surface area contributed by atoms with E-state index in [1.54, 1.807) is 43.3 Å². The van der Waals surface area contributed by atoms with Gasteiger partial charge in [0.05, 0.1) is 26.6 Å². The molecule has 39 heavy (non-hydrogen) atoms. The number of urea groups is 1. The second kappa shape index (κ2) is 12.2. The van der Waals surface area contributed by atoms with E-state index in [9.17, 15) is 24.3 Å². The van der Waals surface area contributed by atoms with Crippen LogP contribution in [0.15, 0.2) is 66.2 Å². The van der Waals surface area contributed by atoms with Crippen LogP contribution in [0.3, 0.4) is 0 Å². The third-order valence-electron chi connectivity index (χ3n) is 5.35. The molecule has 3 N–H and O–H groups in total. The largest absolute Gasteiger partial charge is 0.508 e. The highest BCUT2D eigenvalue weighted by atomic mass is 127. The smallest absolute Gasteiger partial charge is 0.335 e. The highest BCUT2D eigenvalue weighted by molar-refractivity contribution is 14.1. The molecule has 200 valence electrons. The van der Waals surface area contributed by atoms with Crippen molar-refractivity contribution >= 4 is 75.4 Å². The Bertz CT molecular complexity index is 1490. The number of hydrogen-bond donors (Lipinski definition) is 3. The van der Waals surface area contributed by atoms with Gasteiger partial charge in [-0.05, 0) is 89.7 Å². The molecule has 12 heteroatoms. The van der Waals surface area contributed by atoms with E-state index in [0.717, 1.165) is 4.90 Å². The predicted octanol–water partition coefficient (Wildman–Crippen LogP) is 4.73. The normalized spacial score (nSPS) is 14.3. The summed E-state index contributed by atoms with van der Waals surface area (Å²) in [5.41, 5.74) is 0.768. The minimum atomic E-state index is -0.906. The van der Waals surface area contributed by atoms with Gasteiger partial charge in [0.1, 0.15) is 11.3 Å². The zero-order valence-electron chi connectivity index (χ0n) is 20.4. The van der Waals surface area contributed by atoms with Crippen molar-refractivity contribution in [3.63, 3.8) is 0 Å². The molecule has 3 aromatic rings. The molecule has 1 heterocycles. The Morgan fingerprint density at radius 2 is 1.82 bits per heavy atom. The average molecular weight is 662 g/mol. The average Bonchev–Trinajstić information content (AvgIpc) is 2.88. The summed E-state index contributed by atoms with van der Waals surface area (Å²) in [6, 6.07) is 14.5. The quantitative estimate of drug-likeness (QED) is 0.181. The van der Waals surface area contributed by atoms with Crippen molar-refractivity contribution in [2.24, 2.45) is 0 Å². The number of ether oxygens (including phenoxy) is 2. The standard InChI is InChI=1S/C27H21ClIN3O7/c1-2-38-22-13-15(12-20(29)24(22)39-14-23(34)30-21-6-4-3-5-19(21)28)11-18-25(35)31-27(37)32(26(18)36)16-7-9-17(33)10-8-16/h3-13,33H,2,14H2,1H3,(H,30,34)(H,31,35,37)/b18-11-. The van der Waals surface area contributed by atoms with Crippen LogP contribution < -0.4 is 25.0 Å². The first-order chi connectivity index (χ1) is 18.7. The van der Waals surface area contributed by atoms with Crippen LogP contribution in [0.25, 0.3) is 6.08 Å². The number of nitrogens with one attached hydrogen (secondary N) is 2. The van der Waals surface area contributed by atoms with Gasteiger partial charge in [-0.3, -0.25) is 19.7 Å². The summed E-state index contributed by atoms with van der Waals surface area (Å²) in [6.07, 6.45) is 1.33. The van der Waals surface area contributed by atoms with Crippen molar-refractivity contribution in [3.8, 4) is 17.2 Å². The lowest BCUT2D eigenvalue weighted by Gasteiger charge is -2.26. The van der Waals surface area contributed by atoms with E-state index in [4.69, 9.17) is 21.1 Å². The van der Waals surface area contributed by atoms with Crippen molar-refractivity contribution < 1.29 is 33.8 Å². The Morgan fingerprint density at radius 1 is 1.10 bits per heavy atom. The van der Waals surface area contributed by atoms with Gasteiger partial charge in [-0.2, -0.15) is 0 Å². The molecule has 0 atom stereocenters. The van der Waals surface area contributed by atoms with Crippen molar-refractivity contribution in [1.29, 1.82) is 0 Å². The third-order valence-corrected chi connectivity index (χ3v) is 6.48. The van der Waals surface area contributed by atoms with Crippen molar-refractivity contribution in [2.75, 3.05) is 23.4 Å². The van der Waals surface area contributed by atoms with Crippen molar-refractivity contribution in [2.45, 2.75) is 6.92 Å². The number of phenolic OH excluding ortho intramolecular Hbond substituents is 1. The fourth-order valence-electron chi connectivity index (χ4n) is 3.62. The van der Waals surface area contributed by atoms with Gasteiger partial charge in [0, 0.05) is 0 Å². The summed E-state index contributed by atoms with van der Waals surface area (Å²) in [7, 11) is 0. The zero-order chi connectivity index (χ0) is 28.1. The highest BCUT2D eigenvalue weighted by Crippen LogP contribution is 2.35. The molecular formula is C27H21ClIN3O7. The van der Waals surface area contributed by atoms with Gasteiger partial charge in [-0.25, -0.2) is 9.69 Å². The van der Waals surface area contributed by atoms with Gasteiger partial charge >= 0.3 is 6.03 Å². The molecule has 4 rings (SSSR count). The first kappa shape index (κ1) is 27.9. The summed E-state index contributed by atoms with van der Waals surface area (Å²) in [4.78, 5) is 51.4. The Balaban J connectivity index is 1.58. The lowest BCUT2D eigenvalue weighted by Crippen LogP contribution is -2.54.